The van der Waals surface area contributed by atoms with Crippen LogP contribution in [0.4, 0.5) is 0 Å². The van der Waals surface area contributed by atoms with Crippen molar-refractivity contribution in [3.63, 3.8) is 0 Å². The number of Topliss-reactive ketones (excluding diaryl/α,β-unsaturated/α-hetero) is 1. The van der Waals surface area contributed by atoms with Crippen LogP contribution in [-0.4, -0.2) is 49.3 Å². The highest BCUT2D eigenvalue weighted by molar-refractivity contribution is 7.89. The fourth-order valence-corrected chi connectivity index (χ4v) is 5.54. The van der Waals surface area contributed by atoms with Gasteiger partial charge in [0.1, 0.15) is 10.7 Å². The fourth-order valence-electron chi connectivity index (χ4n) is 2.59. The first-order valence-electron chi connectivity index (χ1n) is 6.99. The van der Waals surface area contributed by atoms with E-state index in [4.69, 9.17) is 11.6 Å². The summed E-state index contributed by atoms with van der Waals surface area (Å²) in [5, 5.41) is 15.8. The number of ketones is 1. The maximum Gasteiger partial charge on any atom is 0.273 e. The number of likely N-dealkylation sites (N-methyl/N-ethyl adjacent to an activating group) is 1. The van der Waals surface area contributed by atoms with Crippen molar-refractivity contribution in [1.29, 1.82) is 0 Å². The Morgan fingerprint density at radius 2 is 2.25 bits per heavy atom. The number of fused-ring (bicyclic) bond motifs is 1. The number of thiophene rings is 1. The number of piperidine rings is 1. The fraction of sp³-hybridized carbons (Fsp3) is 0.385. The molecule has 8 nitrogen and oxygen atoms in total. The number of hydrogen-bond donors (Lipinski definition) is 3. The average Bonchev–Trinajstić information content (AvgIpc) is 2.89. The molecule has 24 heavy (non-hydrogen) atoms. The second-order valence-electron chi connectivity index (χ2n) is 5.39. The van der Waals surface area contributed by atoms with Gasteiger partial charge in [-0.05, 0) is 6.07 Å². The van der Waals surface area contributed by atoms with Gasteiger partial charge >= 0.3 is 0 Å². The normalized spacial score (nSPS) is 23.2. The van der Waals surface area contributed by atoms with Gasteiger partial charge in [0.2, 0.25) is 0 Å². The van der Waals surface area contributed by atoms with E-state index in [0.717, 1.165) is 11.3 Å². The molecule has 1 amide bonds. The summed E-state index contributed by atoms with van der Waals surface area (Å²) in [6, 6.07) is 1.24. The molecule has 0 spiro atoms. The van der Waals surface area contributed by atoms with Gasteiger partial charge in [-0.2, -0.15) is 0 Å². The monoisotopic (exact) mass is 391 g/mol. The molecule has 0 radical (unpaired) electrons. The highest BCUT2D eigenvalue weighted by Gasteiger charge is 2.40. The van der Waals surface area contributed by atoms with Crippen LogP contribution in [0.5, 0.6) is 0 Å². The molecule has 130 valence electrons. The molecule has 1 fully saturated rings. The lowest BCUT2D eigenvalue weighted by atomic mass is 10.1. The maximum absolute atomic E-state index is 12.5. The van der Waals surface area contributed by atoms with Gasteiger partial charge in [-0.1, -0.05) is 11.6 Å². The number of amides is 1. The van der Waals surface area contributed by atoms with E-state index in [2.05, 4.69) is 10.6 Å². The largest absolute Gasteiger partial charge is 0.504 e. The first-order valence-corrected chi connectivity index (χ1v) is 9.63. The van der Waals surface area contributed by atoms with E-state index >= 15 is 0 Å². The third-order valence-corrected chi connectivity index (χ3v) is 6.99. The summed E-state index contributed by atoms with van der Waals surface area (Å²) in [7, 11) is -2.81. The highest BCUT2D eigenvalue weighted by Crippen LogP contribution is 2.41. The molecule has 0 saturated carbocycles. The predicted octanol–water partition coefficient (Wildman–Crippen LogP) is 0.657. The van der Waals surface area contributed by atoms with Crippen LogP contribution in [0.25, 0.3) is 5.76 Å². The van der Waals surface area contributed by atoms with Crippen LogP contribution in [-0.2, 0) is 19.6 Å². The molecule has 2 aliphatic rings. The van der Waals surface area contributed by atoms with Crippen molar-refractivity contribution in [2.75, 3.05) is 13.6 Å². The van der Waals surface area contributed by atoms with Crippen molar-refractivity contribution < 1.29 is 23.1 Å². The predicted molar refractivity (Wildman–Crippen MR) is 88.0 cm³/mol. The Morgan fingerprint density at radius 3 is 2.92 bits per heavy atom. The lowest BCUT2D eigenvalue weighted by Gasteiger charge is -2.29. The molecule has 1 aromatic rings. The molecule has 1 unspecified atom stereocenters. The SMILES string of the molecule is CN1C(C(=O)NC2CC(=O)CCN2)=C(O)c2sc(Cl)cc2S1(=O)=O. The van der Waals surface area contributed by atoms with E-state index < -0.39 is 33.6 Å². The number of halogens is 1. The van der Waals surface area contributed by atoms with Gasteiger partial charge in [0.15, 0.2) is 11.5 Å². The minimum Gasteiger partial charge on any atom is -0.504 e. The van der Waals surface area contributed by atoms with Gasteiger partial charge in [0, 0.05) is 26.4 Å². The summed E-state index contributed by atoms with van der Waals surface area (Å²) in [6.07, 6.45) is -0.124. The number of nitrogens with one attached hydrogen (secondary N) is 2. The molecule has 2 aliphatic heterocycles. The summed E-state index contributed by atoms with van der Waals surface area (Å²) in [4.78, 5) is 23.8. The summed E-state index contributed by atoms with van der Waals surface area (Å²) < 4.78 is 25.9. The molecule has 0 aliphatic carbocycles. The van der Waals surface area contributed by atoms with Gasteiger partial charge in [0.05, 0.1) is 15.4 Å². The first-order chi connectivity index (χ1) is 11.2. The van der Waals surface area contributed by atoms with Crippen LogP contribution in [0.2, 0.25) is 4.34 Å². The molecule has 1 saturated heterocycles. The number of rotatable bonds is 2. The maximum atomic E-state index is 12.5. The van der Waals surface area contributed by atoms with Crippen LogP contribution in [0, 0.1) is 0 Å². The van der Waals surface area contributed by atoms with Crippen molar-refractivity contribution in [3.05, 3.63) is 21.0 Å². The van der Waals surface area contributed by atoms with Gasteiger partial charge in [-0.3, -0.25) is 19.2 Å². The third kappa shape index (κ3) is 2.79. The third-order valence-electron chi connectivity index (χ3n) is 3.81. The zero-order valence-electron chi connectivity index (χ0n) is 12.5. The van der Waals surface area contributed by atoms with Crippen LogP contribution in [0.1, 0.15) is 17.7 Å². The van der Waals surface area contributed by atoms with Crippen molar-refractivity contribution in [2.24, 2.45) is 0 Å². The number of nitrogens with zero attached hydrogens (tertiary/aromatic N) is 1. The smallest absolute Gasteiger partial charge is 0.273 e. The van der Waals surface area contributed by atoms with E-state index in [9.17, 15) is 23.1 Å². The quantitative estimate of drug-likeness (QED) is 0.682. The topological polar surface area (TPSA) is 116 Å². The van der Waals surface area contributed by atoms with Gasteiger partial charge in [-0.25, -0.2) is 8.42 Å². The van der Waals surface area contributed by atoms with E-state index in [0.29, 0.717) is 17.3 Å². The Hall–Kier alpha value is -1.62. The lowest BCUT2D eigenvalue weighted by Crippen LogP contribution is -2.52. The van der Waals surface area contributed by atoms with Crippen molar-refractivity contribution in [1.82, 2.24) is 14.9 Å². The van der Waals surface area contributed by atoms with Gasteiger partial charge in [0.25, 0.3) is 15.9 Å². The first kappa shape index (κ1) is 17.2. The van der Waals surface area contributed by atoms with E-state index in [1.54, 1.807) is 0 Å². The Kier molecular flexibility index (Phi) is 4.32. The van der Waals surface area contributed by atoms with E-state index in [-0.39, 0.29) is 26.3 Å². The molecular weight excluding hydrogens is 378 g/mol. The van der Waals surface area contributed by atoms with Crippen LogP contribution >= 0.6 is 22.9 Å². The Balaban J connectivity index is 1.96. The molecule has 0 aromatic carbocycles. The second kappa shape index (κ2) is 6.03. The van der Waals surface area contributed by atoms with Gasteiger partial charge in [-0.15, -0.1) is 11.3 Å². The van der Waals surface area contributed by atoms with Gasteiger partial charge < -0.3 is 10.4 Å². The van der Waals surface area contributed by atoms with Crippen molar-refractivity contribution >= 4 is 50.4 Å². The molecule has 3 N–H and O–H groups in total. The molecule has 1 atom stereocenters. The van der Waals surface area contributed by atoms with Crippen molar-refractivity contribution in [3.8, 4) is 0 Å². The summed E-state index contributed by atoms with van der Waals surface area (Å²) in [5.41, 5.74) is -0.402. The molecule has 1 aromatic heterocycles. The molecule has 0 bridgehead atoms. The summed E-state index contributed by atoms with van der Waals surface area (Å²) >= 11 is 6.72. The number of carbonyl (C=O) groups is 2. The second-order valence-corrected chi connectivity index (χ2v) is 9.01. The van der Waals surface area contributed by atoms with E-state index in [1.807, 2.05) is 0 Å². The van der Waals surface area contributed by atoms with E-state index in [1.165, 1.54) is 13.1 Å². The Bertz CT molecular complexity index is 861. The molecular formula is C13H14ClN3O5S2. The minimum absolute atomic E-state index is 0.00537. The standard InChI is InChI=1S/C13H14ClN3O5S2/c1-17-10(13(20)16-9-4-6(18)2-3-15-9)11(19)12-7(24(17,21)22)5-8(14)23-12/h5,9,15,19H,2-4H2,1H3,(H,16,20). The number of aliphatic hydroxyl groups excluding tert-OH is 1. The zero-order chi connectivity index (χ0) is 17.6. The zero-order valence-corrected chi connectivity index (χ0v) is 14.9. The highest BCUT2D eigenvalue weighted by atomic mass is 35.5. The lowest BCUT2D eigenvalue weighted by molar-refractivity contribution is -0.122. The number of carbonyl (C=O) groups excluding carboxylic acids is 2. The summed E-state index contributed by atoms with van der Waals surface area (Å²) in [6.45, 7) is 0.424. The van der Waals surface area contributed by atoms with Crippen LogP contribution < -0.4 is 10.6 Å². The number of hydrogen-bond acceptors (Lipinski definition) is 7. The van der Waals surface area contributed by atoms with Crippen LogP contribution in [0.15, 0.2) is 16.7 Å². The number of aliphatic hydroxyl groups is 1. The minimum atomic E-state index is -3.99. The Labute approximate surface area is 147 Å². The van der Waals surface area contributed by atoms with Crippen molar-refractivity contribution in [2.45, 2.75) is 23.9 Å². The summed E-state index contributed by atoms with van der Waals surface area (Å²) in [5.74, 6) is -1.26. The molecule has 11 heteroatoms. The molecule has 3 rings (SSSR count). The van der Waals surface area contributed by atoms with Crippen LogP contribution in [0.3, 0.4) is 0 Å². The average molecular weight is 392 g/mol. The Morgan fingerprint density at radius 1 is 1.54 bits per heavy atom. The number of sulfonamides is 1. The molecule has 3 heterocycles.